The van der Waals surface area contributed by atoms with Gasteiger partial charge in [-0.3, -0.25) is 5.43 Å². The summed E-state index contributed by atoms with van der Waals surface area (Å²) in [7, 11) is 0. The summed E-state index contributed by atoms with van der Waals surface area (Å²) in [4.78, 5) is 18.9. The molecule has 2 aromatic carbocycles. The van der Waals surface area contributed by atoms with E-state index >= 15 is 0 Å². The minimum Gasteiger partial charge on any atom is -0.489 e. The van der Waals surface area contributed by atoms with Crippen molar-refractivity contribution in [2.75, 3.05) is 12.0 Å². The van der Waals surface area contributed by atoms with Crippen LogP contribution in [0.5, 0.6) is 5.75 Å². The first-order chi connectivity index (χ1) is 17.2. The number of aromatic nitrogens is 3. The molecule has 0 aliphatic carbocycles. The van der Waals surface area contributed by atoms with E-state index < -0.39 is 16.7 Å². The van der Waals surface area contributed by atoms with Gasteiger partial charge >= 0.3 is 12.0 Å². The Kier molecular flexibility index (Phi) is 7.29. The van der Waals surface area contributed by atoms with Crippen LogP contribution in [0.4, 0.5) is 24.1 Å². The molecular weight excluding hydrogens is 497 g/mol. The number of benzene rings is 2. The van der Waals surface area contributed by atoms with Crippen LogP contribution < -0.4 is 10.2 Å². The Morgan fingerprint density at radius 1 is 1.19 bits per heavy atom. The zero-order chi connectivity index (χ0) is 25.7. The maximum absolute atomic E-state index is 12.7. The van der Waals surface area contributed by atoms with E-state index in [4.69, 9.17) is 4.74 Å². The van der Waals surface area contributed by atoms with Gasteiger partial charge in [-0.05, 0) is 46.9 Å². The molecule has 0 amide bonds. The normalized spacial score (nSPS) is 11.7. The maximum atomic E-state index is 12.7. The van der Waals surface area contributed by atoms with Gasteiger partial charge in [-0.15, -0.1) is 11.3 Å². The van der Waals surface area contributed by atoms with E-state index in [9.17, 15) is 23.3 Å². The van der Waals surface area contributed by atoms with Gasteiger partial charge in [0.15, 0.2) is 5.82 Å². The van der Waals surface area contributed by atoms with Crippen LogP contribution in [0.2, 0.25) is 0 Å². The minimum absolute atomic E-state index is 0.0816. The Balaban J connectivity index is 1.28. The lowest BCUT2D eigenvalue weighted by atomic mass is 10.1. The summed E-state index contributed by atoms with van der Waals surface area (Å²) in [6.07, 6.45) is -1.57. The summed E-state index contributed by atoms with van der Waals surface area (Å²) in [5, 5.41) is 17.4. The smallest absolute Gasteiger partial charge is 0.416 e. The number of aryl methyl sites for hydroxylation is 1. The molecule has 186 valence electrons. The number of thiazole rings is 1. The average molecular weight is 517 g/mol. The largest absolute Gasteiger partial charge is 0.489 e. The Hall–Kier alpha value is -4.26. The number of nitro groups is 1. The maximum Gasteiger partial charge on any atom is 0.416 e. The van der Waals surface area contributed by atoms with Crippen molar-refractivity contribution in [1.82, 2.24) is 14.5 Å². The minimum atomic E-state index is -4.38. The third-order valence-electron chi connectivity index (χ3n) is 5.07. The van der Waals surface area contributed by atoms with Crippen molar-refractivity contribution in [2.24, 2.45) is 5.10 Å². The predicted molar refractivity (Wildman–Crippen MR) is 129 cm³/mol. The summed E-state index contributed by atoms with van der Waals surface area (Å²) in [6, 6.07) is 11.9. The number of alkyl halides is 3. The molecule has 4 aromatic rings. The third kappa shape index (κ3) is 6.05. The van der Waals surface area contributed by atoms with Crippen LogP contribution in [0.25, 0.3) is 11.3 Å². The molecule has 0 saturated carbocycles. The molecule has 13 heteroatoms. The third-order valence-corrected chi connectivity index (χ3v) is 5.82. The fourth-order valence-electron chi connectivity index (χ4n) is 3.23. The summed E-state index contributed by atoms with van der Waals surface area (Å²) in [5.41, 5.74) is 4.00. The Labute approximate surface area is 207 Å². The molecule has 0 unspecified atom stereocenters. The van der Waals surface area contributed by atoms with Gasteiger partial charge in [0.1, 0.15) is 25.1 Å². The molecule has 2 heterocycles. The van der Waals surface area contributed by atoms with Crippen molar-refractivity contribution in [3.63, 3.8) is 0 Å². The van der Waals surface area contributed by atoms with Gasteiger partial charge in [-0.1, -0.05) is 12.1 Å². The second-order valence-corrected chi connectivity index (χ2v) is 8.33. The number of anilines is 1. The van der Waals surface area contributed by atoms with Crippen LogP contribution in [0.1, 0.15) is 17.0 Å². The molecule has 0 spiro atoms. The number of ether oxygens (including phenoxy) is 1. The van der Waals surface area contributed by atoms with Crippen LogP contribution in [0, 0.1) is 17.0 Å². The molecule has 0 aliphatic rings. The number of hydrogen-bond donors (Lipinski definition) is 1. The Morgan fingerprint density at radius 2 is 1.92 bits per heavy atom. The summed E-state index contributed by atoms with van der Waals surface area (Å²) >= 11 is 1.28. The zero-order valence-electron chi connectivity index (χ0n) is 18.8. The van der Waals surface area contributed by atoms with Gasteiger partial charge in [0.25, 0.3) is 0 Å². The van der Waals surface area contributed by atoms with Gasteiger partial charge in [-0.2, -0.15) is 18.3 Å². The fraction of sp³-hybridized carbons (Fsp3) is 0.174. The summed E-state index contributed by atoms with van der Waals surface area (Å²) in [5.74, 6) is 1.06. The number of imidazole rings is 1. The van der Waals surface area contributed by atoms with Crippen LogP contribution in [0.3, 0.4) is 0 Å². The average Bonchev–Trinajstić information content (AvgIpc) is 3.47. The lowest BCUT2D eigenvalue weighted by molar-refractivity contribution is -0.392. The molecule has 0 fully saturated rings. The SMILES string of the molecule is Cc1ncc([N+](=O)[O-])n1CCOc1ccc(/C=N/Nc2nc(-c3ccc(C(F)(F)F)cc3)cs2)cc1. The van der Waals surface area contributed by atoms with E-state index in [0.717, 1.165) is 17.7 Å². The van der Waals surface area contributed by atoms with Gasteiger partial charge in [-0.25, -0.2) is 14.5 Å². The number of rotatable bonds is 9. The van der Waals surface area contributed by atoms with Crippen molar-refractivity contribution in [3.05, 3.63) is 87.2 Å². The molecule has 36 heavy (non-hydrogen) atoms. The number of hydrogen-bond acceptors (Lipinski definition) is 8. The van der Waals surface area contributed by atoms with Crippen LogP contribution in [-0.4, -0.2) is 32.3 Å². The first-order valence-electron chi connectivity index (χ1n) is 10.5. The van der Waals surface area contributed by atoms with E-state index in [2.05, 4.69) is 20.5 Å². The van der Waals surface area contributed by atoms with E-state index in [1.807, 2.05) is 0 Å². The second-order valence-electron chi connectivity index (χ2n) is 7.47. The number of nitrogens with zero attached hydrogens (tertiary/aromatic N) is 5. The molecule has 9 nitrogen and oxygen atoms in total. The summed E-state index contributed by atoms with van der Waals surface area (Å²) < 4.78 is 45.3. The van der Waals surface area contributed by atoms with Crippen LogP contribution in [0.15, 0.2) is 65.2 Å². The number of halogens is 3. The van der Waals surface area contributed by atoms with E-state index in [1.165, 1.54) is 34.2 Å². The van der Waals surface area contributed by atoms with Gasteiger partial charge in [0.05, 0.1) is 17.5 Å². The van der Waals surface area contributed by atoms with Crippen LogP contribution in [-0.2, 0) is 12.7 Å². The van der Waals surface area contributed by atoms with E-state index in [1.54, 1.807) is 42.8 Å². The topological polar surface area (TPSA) is 107 Å². The first-order valence-corrected chi connectivity index (χ1v) is 11.4. The molecule has 4 rings (SSSR count). The van der Waals surface area contributed by atoms with Gasteiger partial charge in [0.2, 0.25) is 5.13 Å². The molecule has 0 radical (unpaired) electrons. The number of nitrogens with one attached hydrogen (secondary N) is 1. The monoisotopic (exact) mass is 516 g/mol. The lowest BCUT2D eigenvalue weighted by Crippen LogP contribution is -2.11. The molecule has 1 N–H and O–H groups in total. The van der Waals surface area contributed by atoms with E-state index in [0.29, 0.717) is 28.0 Å². The van der Waals surface area contributed by atoms with Crippen molar-refractivity contribution < 1.29 is 22.8 Å². The molecule has 2 aromatic heterocycles. The Morgan fingerprint density at radius 3 is 2.58 bits per heavy atom. The lowest BCUT2D eigenvalue weighted by Gasteiger charge is -2.06. The number of hydrazone groups is 1. The van der Waals surface area contributed by atoms with E-state index in [-0.39, 0.29) is 19.0 Å². The van der Waals surface area contributed by atoms with Crippen LogP contribution >= 0.6 is 11.3 Å². The van der Waals surface area contributed by atoms with Gasteiger partial charge < -0.3 is 14.9 Å². The van der Waals surface area contributed by atoms with Crippen molar-refractivity contribution >= 4 is 28.5 Å². The standard InChI is InChI=1S/C23H19F3N6O3S/c1-15-27-13-21(32(33)34)31(15)10-11-35-19-8-2-16(3-9-19)12-28-30-22-29-20(14-36-22)17-4-6-18(7-5-17)23(24,25)26/h2-9,12-14H,10-11H2,1H3,(H,29,30)/b28-12+. The highest BCUT2D eigenvalue weighted by atomic mass is 32.1. The summed E-state index contributed by atoms with van der Waals surface area (Å²) in [6.45, 7) is 2.21. The highest BCUT2D eigenvalue weighted by molar-refractivity contribution is 7.14. The molecule has 0 bridgehead atoms. The molecule has 0 aliphatic heterocycles. The van der Waals surface area contributed by atoms with Crippen molar-refractivity contribution in [3.8, 4) is 17.0 Å². The van der Waals surface area contributed by atoms with Crippen molar-refractivity contribution in [1.29, 1.82) is 0 Å². The molecular formula is C23H19F3N6O3S. The Bertz CT molecular complexity index is 1370. The van der Waals surface area contributed by atoms with Crippen molar-refractivity contribution in [2.45, 2.75) is 19.6 Å². The van der Waals surface area contributed by atoms with Gasteiger partial charge in [0, 0.05) is 17.9 Å². The quantitative estimate of drug-likeness (QED) is 0.172. The highest BCUT2D eigenvalue weighted by Gasteiger charge is 2.30. The first kappa shape index (κ1) is 24.9. The zero-order valence-corrected chi connectivity index (χ0v) is 19.6. The second kappa shape index (κ2) is 10.6. The molecule has 0 saturated heterocycles. The molecule has 0 atom stereocenters. The fourth-order valence-corrected chi connectivity index (χ4v) is 3.90. The highest BCUT2D eigenvalue weighted by Crippen LogP contribution is 2.31. The predicted octanol–water partition coefficient (Wildman–Crippen LogP) is 5.77.